The van der Waals surface area contributed by atoms with Crippen LogP contribution in [-0.4, -0.2) is 33.2 Å². The van der Waals surface area contributed by atoms with Crippen LogP contribution in [-0.2, 0) is 0 Å². The molecule has 1 N–H and O–H groups in total. The molecule has 0 saturated heterocycles. The van der Waals surface area contributed by atoms with Gasteiger partial charge in [0.1, 0.15) is 5.75 Å². The number of para-hydroxylation sites is 1. The van der Waals surface area contributed by atoms with Crippen molar-refractivity contribution in [2.45, 2.75) is 5.16 Å². The molecule has 0 aliphatic heterocycles. The summed E-state index contributed by atoms with van der Waals surface area (Å²) in [5.74, 6) is 0.560. The van der Waals surface area contributed by atoms with Gasteiger partial charge in [0.2, 0.25) is 0 Å². The largest absolute Gasteiger partial charge is 0.495 e. The van der Waals surface area contributed by atoms with Crippen molar-refractivity contribution < 1.29 is 9.53 Å². The van der Waals surface area contributed by atoms with E-state index in [4.69, 9.17) is 16.3 Å². The van der Waals surface area contributed by atoms with Crippen molar-refractivity contribution in [3.8, 4) is 11.4 Å². The molecule has 0 atom stereocenters. The second-order valence-corrected chi connectivity index (χ2v) is 7.52. The third-order valence-electron chi connectivity index (χ3n) is 4.37. The number of ketones is 1. The Labute approximate surface area is 175 Å². The van der Waals surface area contributed by atoms with Crippen molar-refractivity contribution in [2.24, 2.45) is 0 Å². The van der Waals surface area contributed by atoms with E-state index in [0.717, 1.165) is 0 Å². The second-order valence-electron chi connectivity index (χ2n) is 6.17. The number of H-pyrrole nitrogens is 1. The Morgan fingerprint density at radius 3 is 2.76 bits per heavy atom. The second kappa shape index (κ2) is 8.14. The van der Waals surface area contributed by atoms with Crippen molar-refractivity contribution in [1.29, 1.82) is 0 Å². The number of carbonyl (C=O) groups is 1. The lowest BCUT2D eigenvalue weighted by Gasteiger charge is -2.14. The zero-order valence-electron chi connectivity index (χ0n) is 15.4. The lowest BCUT2D eigenvalue weighted by Crippen LogP contribution is -2.22. The van der Waals surface area contributed by atoms with Crippen LogP contribution in [0.5, 0.6) is 5.75 Å². The summed E-state index contributed by atoms with van der Waals surface area (Å²) in [6.07, 6.45) is 1.70. The molecular weight excluding hydrogens is 410 g/mol. The Morgan fingerprint density at radius 2 is 2.03 bits per heavy atom. The number of halogens is 1. The van der Waals surface area contributed by atoms with Crippen LogP contribution in [0.3, 0.4) is 0 Å². The predicted octanol–water partition coefficient (Wildman–Crippen LogP) is 4.35. The first kappa shape index (κ1) is 19.3. The molecule has 6 nitrogen and oxygen atoms in total. The Balaban J connectivity index is 1.81. The first-order chi connectivity index (χ1) is 14.1. The molecule has 0 spiro atoms. The summed E-state index contributed by atoms with van der Waals surface area (Å²) in [5, 5.41) is 1.28. The fraction of sp³-hybridized carbons (Fsp3) is 0.0952. The number of hydrogen-bond donors (Lipinski definition) is 1. The summed E-state index contributed by atoms with van der Waals surface area (Å²) >= 11 is 7.47. The van der Waals surface area contributed by atoms with E-state index in [2.05, 4.69) is 9.97 Å². The SMILES string of the molecule is COc1ccc(-n2c(SCC(=O)c3ccc[nH]3)nc3ccccc3c2=O)cc1Cl. The van der Waals surface area contributed by atoms with Gasteiger partial charge in [0.05, 0.1) is 40.2 Å². The molecule has 0 unspecified atom stereocenters. The molecule has 2 aromatic carbocycles. The molecule has 0 saturated carbocycles. The quantitative estimate of drug-likeness (QED) is 0.282. The maximum atomic E-state index is 13.2. The number of aromatic amines is 1. The van der Waals surface area contributed by atoms with Crippen LogP contribution in [0.4, 0.5) is 0 Å². The number of nitrogens with one attached hydrogen (secondary N) is 1. The molecule has 0 bridgehead atoms. The maximum Gasteiger partial charge on any atom is 0.266 e. The van der Waals surface area contributed by atoms with Gasteiger partial charge in [0, 0.05) is 6.20 Å². The zero-order chi connectivity index (χ0) is 20.4. The number of benzene rings is 2. The molecule has 4 rings (SSSR count). The highest BCUT2D eigenvalue weighted by Gasteiger charge is 2.16. The van der Waals surface area contributed by atoms with E-state index in [-0.39, 0.29) is 17.1 Å². The highest BCUT2D eigenvalue weighted by Crippen LogP contribution is 2.28. The first-order valence-electron chi connectivity index (χ1n) is 8.73. The lowest BCUT2D eigenvalue weighted by molar-refractivity contribution is 0.101. The molecule has 0 amide bonds. The third-order valence-corrected chi connectivity index (χ3v) is 5.60. The van der Waals surface area contributed by atoms with Crippen LogP contribution < -0.4 is 10.3 Å². The minimum atomic E-state index is -0.230. The molecule has 2 heterocycles. The monoisotopic (exact) mass is 425 g/mol. The number of rotatable bonds is 6. The van der Waals surface area contributed by atoms with E-state index in [0.29, 0.717) is 38.2 Å². The average molecular weight is 426 g/mol. The number of Topliss-reactive ketones (excluding diaryl/α,β-unsaturated/α-hetero) is 1. The van der Waals surface area contributed by atoms with E-state index in [1.54, 1.807) is 54.7 Å². The van der Waals surface area contributed by atoms with E-state index in [9.17, 15) is 9.59 Å². The van der Waals surface area contributed by atoms with Crippen molar-refractivity contribution in [2.75, 3.05) is 12.9 Å². The molecule has 29 heavy (non-hydrogen) atoms. The smallest absolute Gasteiger partial charge is 0.266 e. The topological polar surface area (TPSA) is 77.0 Å². The summed E-state index contributed by atoms with van der Waals surface area (Å²) in [7, 11) is 1.53. The van der Waals surface area contributed by atoms with Gasteiger partial charge in [-0.25, -0.2) is 4.98 Å². The summed E-state index contributed by atoms with van der Waals surface area (Å²) < 4.78 is 6.67. The number of nitrogens with zero attached hydrogens (tertiary/aromatic N) is 2. The van der Waals surface area contributed by atoms with Gasteiger partial charge in [-0.15, -0.1) is 0 Å². The van der Waals surface area contributed by atoms with Crippen LogP contribution in [0.25, 0.3) is 16.6 Å². The standard InChI is InChI=1S/C21H16ClN3O3S/c1-28-19-9-8-13(11-15(19)22)25-20(27)14-5-2-3-6-16(14)24-21(25)29-12-18(26)17-7-4-10-23-17/h2-11,23H,12H2,1H3. The minimum Gasteiger partial charge on any atom is -0.495 e. The van der Waals surface area contributed by atoms with Gasteiger partial charge in [-0.3, -0.25) is 14.2 Å². The summed E-state index contributed by atoms with van der Waals surface area (Å²) in [4.78, 5) is 33.2. The Morgan fingerprint density at radius 1 is 1.21 bits per heavy atom. The van der Waals surface area contributed by atoms with Crippen LogP contribution >= 0.6 is 23.4 Å². The molecule has 8 heteroatoms. The van der Waals surface area contributed by atoms with Gasteiger partial charge in [-0.2, -0.15) is 0 Å². The normalized spacial score (nSPS) is 11.0. The minimum absolute atomic E-state index is 0.0817. The van der Waals surface area contributed by atoms with Crippen molar-refractivity contribution >= 4 is 40.0 Å². The van der Waals surface area contributed by atoms with Gasteiger partial charge in [0.15, 0.2) is 10.9 Å². The number of hydrogen-bond acceptors (Lipinski definition) is 5. The lowest BCUT2D eigenvalue weighted by atomic mass is 10.2. The first-order valence-corrected chi connectivity index (χ1v) is 10.1. The fourth-order valence-electron chi connectivity index (χ4n) is 2.94. The molecule has 2 aromatic heterocycles. The van der Waals surface area contributed by atoms with Crippen LogP contribution in [0, 0.1) is 0 Å². The van der Waals surface area contributed by atoms with Crippen LogP contribution in [0.1, 0.15) is 10.5 Å². The highest BCUT2D eigenvalue weighted by atomic mass is 35.5. The van der Waals surface area contributed by atoms with E-state index >= 15 is 0 Å². The molecule has 146 valence electrons. The van der Waals surface area contributed by atoms with E-state index in [1.807, 2.05) is 6.07 Å². The fourth-order valence-corrected chi connectivity index (χ4v) is 4.09. The van der Waals surface area contributed by atoms with Gasteiger partial charge in [0.25, 0.3) is 5.56 Å². The average Bonchev–Trinajstić information content (AvgIpc) is 3.27. The van der Waals surface area contributed by atoms with Gasteiger partial charge in [-0.05, 0) is 42.5 Å². The summed E-state index contributed by atoms with van der Waals surface area (Å²) in [5.41, 5.74) is 1.41. The number of ether oxygens (including phenoxy) is 1. The van der Waals surface area contributed by atoms with Crippen LogP contribution in [0.2, 0.25) is 5.02 Å². The van der Waals surface area contributed by atoms with Crippen molar-refractivity contribution in [1.82, 2.24) is 14.5 Å². The zero-order valence-corrected chi connectivity index (χ0v) is 17.0. The van der Waals surface area contributed by atoms with E-state index < -0.39 is 0 Å². The molecule has 0 aliphatic rings. The number of carbonyl (C=O) groups excluding carboxylic acids is 1. The van der Waals surface area contributed by atoms with Crippen molar-refractivity contribution in [3.63, 3.8) is 0 Å². The third kappa shape index (κ3) is 3.79. The molecular formula is C21H16ClN3O3S. The Bertz CT molecular complexity index is 1250. The molecule has 4 aromatic rings. The summed E-state index contributed by atoms with van der Waals surface area (Å²) in [6.45, 7) is 0. The highest BCUT2D eigenvalue weighted by molar-refractivity contribution is 7.99. The van der Waals surface area contributed by atoms with Gasteiger partial charge in [-0.1, -0.05) is 35.5 Å². The Kier molecular flexibility index (Phi) is 5.42. The van der Waals surface area contributed by atoms with Crippen LogP contribution in [0.15, 0.2) is 70.7 Å². The predicted molar refractivity (Wildman–Crippen MR) is 115 cm³/mol. The molecule has 0 radical (unpaired) electrons. The summed E-state index contributed by atoms with van der Waals surface area (Å²) in [6, 6.07) is 15.7. The number of aromatic nitrogens is 3. The molecule has 0 aliphatic carbocycles. The Hall–Kier alpha value is -3.03. The van der Waals surface area contributed by atoms with E-state index in [1.165, 1.54) is 23.4 Å². The number of thioether (sulfide) groups is 1. The van der Waals surface area contributed by atoms with Gasteiger partial charge >= 0.3 is 0 Å². The van der Waals surface area contributed by atoms with Crippen molar-refractivity contribution in [3.05, 3.63) is 81.9 Å². The maximum absolute atomic E-state index is 13.2. The van der Waals surface area contributed by atoms with Gasteiger partial charge < -0.3 is 9.72 Å². The molecule has 0 fully saturated rings. The number of methoxy groups -OCH3 is 1. The number of fused-ring (bicyclic) bond motifs is 1.